The van der Waals surface area contributed by atoms with E-state index >= 15 is 0 Å². The molecule has 1 fully saturated rings. The molecule has 0 amide bonds. The Balaban J connectivity index is 1.36. The number of aliphatic hydroxyl groups is 1. The Labute approximate surface area is 226 Å². The molecule has 39 heavy (non-hydrogen) atoms. The number of likely N-dealkylation sites (N-methyl/N-ethyl adjacent to an activating group) is 1. The molecule has 4 heterocycles. The minimum Gasteiger partial charge on any atom is -0.384 e. The molecule has 3 aromatic heterocycles. The number of hydrogen-bond acceptors (Lipinski definition) is 8. The van der Waals surface area contributed by atoms with Crippen molar-refractivity contribution in [3.63, 3.8) is 0 Å². The van der Waals surface area contributed by atoms with Gasteiger partial charge in [-0.2, -0.15) is 4.98 Å². The summed E-state index contributed by atoms with van der Waals surface area (Å²) in [4.78, 5) is 31.9. The maximum Gasteiger partial charge on any atom is 0.279 e. The van der Waals surface area contributed by atoms with Crippen molar-refractivity contribution in [2.45, 2.75) is 38.3 Å². The molecule has 10 heteroatoms. The van der Waals surface area contributed by atoms with Gasteiger partial charge in [0, 0.05) is 43.8 Å². The number of fused-ring (bicyclic) bond motifs is 2. The van der Waals surface area contributed by atoms with Gasteiger partial charge in [-0.25, -0.2) is 19.3 Å². The first-order valence-corrected chi connectivity index (χ1v) is 13.4. The van der Waals surface area contributed by atoms with Crippen molar-refractivity contribution in [2.75, 3.05) is 43.4 Å². The highest BCUT2D eigenvalue weighted by Crippen LogP contribution is 2.38. The molecule has 10 nitrogen and oxygen atoms in total. The molecule has 2 aliphatic rings. The fourth-order valence-corrected chi connectivity index (χ4v) is 5.50. The third-order valence-electron chi connectivity index (χ3n) is 7.92. The monoisotopic (exact) mass is 524 g/mol. The fraction of sp³-hybridized carbons (Fsp3) is 0.379. The van der Waals surface area contributed by atoms with E-state index in [1.54, 1.807) is 4.68 Å². The molecular weight excluding hydrogens is 492 g/mol. The zero-order valence-electron chi connectivity index (χ0n) is 22.3. The molecule has 200 valence electrons. The van der Waals surface area contributed by atoms with Crippen LogP contribution in [0.5, 0.6) is 0 Å². The molecular formula is C29H32N8O2. The normalized spacial score (nSPS) is 19.3. The van der Waals surface area contributed by atoms with E-state index in [9.17, 15) is 9.90 Å². The van der Waals surface area contributed by atoms with E-state index in [4.69, 9.17) is 16.4 Å². The van der Waals surface area contributed by atoms with E-state index < -0.39 is 5.60 Å². The van der Waals surface area contributed by atoms with E-state index in [-0.39, 0.29) is 12.1 Å². The van der Waals surface area contributed by atoms with Crippen LogP contribution in [0.25, 0.3) is 16.9 Å². The van der Waals surface area contributed by atoms with Crippen molar-refractivity contribution < 1.29 is 5.11 Å². The highest BCUT2D eigenvalue weighted by atomic mass is 16.3. The van der Waals surface area contributed by atoms with Gasteiger partial charge in [-0.15, -0.1) is 6.42 Å². The number of aromatic nitrogens is 5. The molecule has 0 radical (unpaired) electrons. The summed E-state index contributed by atoms with van der Waals surface area (Å²) in [6, 6.07) is 12.0. The van der Waals surface area contributed by atoms with Gasteiger partial charge in [0.25, 0.3) is 5.56 Å². The lowest BCUT2D eigenvalue weighted by molar-refractivity contribution is 0.0306. The highest BCUT2D eigenvalue weighted by Gasteiger charge is 2.37. The zero-order chi connectivity index (χ0) is 27.1. The van der Waals surface area contributed by atoms with Gasteiger partial charge in [0.2, 0.25) is 5.95 Å². The third kappa shape index (κ3) is 4.43. The van der Waals surface area contributed by atoms with E-state index in [2.05, 4.69) is 45.2 Å². The number of hydrogen-bond donors (Lipinski definition) is 2. The summed E-state index contributed by atoms with van der Waals surface area (Å²) in [5.74, 6) is 3.39. The summed E-state index contributed by atoms with van der Waals surface area (Å²) in [7, 11) is 2.15. The number of aryl methyl sites for hydroxylation is 1. The SMILES string of the molecule is C#CCn1c(=O)c2cnc(Nc3ccc(N4CCN(C)CC4)cc3)nc2n1-c1ccc2c(n1)[C@@](O)(CC)CC2. The number of nitrogens with zero attached hydrogens (tertiary/aromatic N) is 7. The van der Waals surface area contributed by atoms with Crippen LogP contribution in [0.3, 0.4) is 0 Å². The average molecular weight is 525 g/mol. The Hall–Kier alpha value is -4.20. The van der Waals surface area contributed by atoms with Crippen LogP contribution < -0.4 is 15.8 Å². The van der Waals surface area contributed by atoms with Gasteiger partial charge >= 0.3 is 0 Å². The minimum absolute atomic E-state index is 0.0442. The second-order valence-corrected chi connectivity index (χ2v) is 10.3. The van der Waals surface area contributed by atoms with Crippen LogP contribution >= 0.6 is 0 Å². The number of pyridine rings is 1. The van der Waals surface area contributed by atoms with Gasteiger partial charge in [-0.3, -0.25) is 4.79 Å². The zero-order valence-corrected chi connectivity index (χ0v) is 22.3. The van der Waals surface area contributed by atoms with Gasteiger partial charge in [0.05, 0.1) is 5.69 Å². The lowest BCUT2D eigenvalue weighted by atomic mass is 9.98. The van der Waals surface area contributed by atoms with E-state index in [0.29, 0.717) is 41.3 Å². The van der Waals surface area contributed by atoms with Crippen molar-refractivity contribution in [3.05, 3.63) is 64.2 Å². The topological polar surface area (TPSA) is 104 Å². The summed E-state index contributed by atoms with van der Waals surface area (Å²) < 4.78 is 3.07. The van der Waals surface area contributed by atoms with Gasteiger partial charge in [0.15, 0.2) is 11.5 Å². The third-order valence-corrected chi connectivity index (χ3v) is 7.92. The van der Waals surface area contributed by atoms with Gasteiger partial charge in [-0.05, 0) is 62.2 Å². The molecule has 0 spiro atoms. The molecule has 1 saturated heterocycles. The largest absolute Gasteiger partial charge is 0.384 e. The van der Waals surface area contributed by atoms with Crippen molar-refractivity contribution >= 4 is 28.4 Å². The van der Waals surface area contributed by atoms with Crippen molar-refractivity contribution in [1.82, 2.24) is 29.2 Å². The number of rotatable bonds is 6. The first-order valence-electron chi connectivity index (χ1n) is 13.4. The molecule has 6 rings (SSSR count). The van der Waals surface area contributed by atoms with Crippen LogP contribution in [-0.2, 0) is 18.6 Å². The predicted octanol–water partition coefficient (Wildman–Crippen LogP) is 2.65. The molecule has 0 bridgehead atoms. The molecule has 0 unspecified atom stereocenters. The summed E-state index contributed by atoms with van der Waals surface area (Å²) in [6.07, 6.45) is 9.09. The lowest BCUT2D eigenvalue weighted by Crippen LogP contribution is -2.44. The summed E-state index contributed by atoms with van der Waals surface area (Å²) >= 11 is 0. The smallest absolute Gasteiger partial charge is 0.279 e. The standard InChI is InChI=1S/C29H32N8O2/c1-4-14-36-27(38)23-19-30-28(31-21-7-9-22(10-8-21)35-17-15-34(3)16-18-35)33-26(23)37(36)24-11-6-20-12-13-29(39,5-2)25(20)32-24/h1,6-11,19,39H,5,12-18H2,2-3H3,(H,30,31,33)/t29-/m1/s1. The predicted molar refractivity (Wildman–Crippen MR) is 152 cm³/mol. The van der Waals surface area contributed by atoms with Crippen molar-refractivity contribution in [1.29, 1.82) is 0 Å². The molecule has 1 aliphatic carbocycles. The number of nitrogens with one attached hydrogen (secondary N) is 1. The van der Waals surface area contributed by atoms with Gasteiger partial charge in [-0.1, -0.05) is 18.9 Å². The van der Waals surface area contributed by atoms with Crippen molar-refractivity contribution in [2.24, 2.45) is 0 Å². The maximum absolute atomic E-state index is 13.3. The summed E-state index contributed by atoms with van der Waals surface area (Å²) in [5.41, 5.74) is 2.81. The van der Waals surface area contributed by atoms with Crippen LogP contribution in [0.1, 0.15) is 31.0 Å². The van der Waals surface area contributed by atoms with Crippen molar-refractivity contribution in [3.8, 4) is 18.2 Å². The Kier molecular flexibility index (Phi) is 6.33. The van der Waals surface area contributed by atoms with Gasteiger partial charge in [0.1, 0.15) is 17.5 Å². The molecule has 0 saturated carbocycles. The number of benzene rings is 1. The van der Waals surface area contributed by atoms with Gasteiger partial charge < -0.3 is 20.2 Å². The molecule has 4 aromatic rings. The minimum atomic E-state index is -0.983. The molecule has 1 aromatic carbocycles. The Morgan fingerprint density at radius 2 is 1.87 bits per heavy atom. The molecule has 1 aliphatic heterocycles. The Morgan fingerprint density at radius 1 is 1.10 bits per heavy atom. The number of piperazine rings is 1. The van der Waals surface area contributed by atoms with Crippen LogP contribution in [0, 0.1) is 12.3 Å². The lowest BCUT2D eigenvalue weighted by Gasteiger charge is -2.34. The van der Waals surface area contributed by atoms with Crippen LogP contribution in [-0.4, -0.2) is 67.5 Å². The first-order chi connectivity index (χ1) is 18.9. The fourth-order valence-electron chi connectivity index (χ4n) is 5.50. The second kappa shape index (κ2) is 9.84. The maximum atomic E-state index is 13.3. The number of terminal acetylenes is 1. The van der Waals surface area contributed by atoms with E-state index in [0.717, 1.165) is 43.9 Å². The molecule has 1 atom stereocenters. The van der Waals surface area contributed by atoms with Crippen LogP contribution in [0.2, 0.25) is 0 Å². The Morgan fingerprint density at radius 3 is 2.59 bits per heavy atom. The summed E-state index contributed by atoms with van der Waals surface area (Å²) in [6.45, 7) is 6.09. The number of anilines is 3. The first kappa shape index (κ1) is 25.1. The highest BCUT2D eigenvalue weighted by molar-refractivity contribution is 5.77. The van der Waals surface area contributed by atoms with E-state index in [1.165, 1.54) is 16.6 Å². The second-order valence-electron chi connectivity index (χ2n) is 10.3. The average Bonchev–Trinajstić information content (AvgIpc) is 3.43. The Bertz CT molecular complexity index is 1630. The summed E-state index contributed by atoms with van der Waals surface area (Å²) in [5, 5.41) is 14.7. The van der Waals surface area contributed by atoms with E-state index in [1.807, 2.05) is 31.2 Å². The van der Waals surface area contributed by atoms with Crippen LogP contribution in [0.4, 0.5) is 17.3 Å². The quantitative estimate of drug-likeness (QED) is 0.371. The molecule has 2 N–H and O–H groups in total. The van der Waals surface area contributed by atoms with Crippen LogP contribution in [0.15, 0.2) is 47.4 Å².